The molecule has 6 heteroatoms. The highest BCUT2D eigenvalue weighted by Crippen LogP contribution is 2.17. The fourth-order valence-corrected chi connectivity index (χ4v) is 9.94. The molecule has 0 aliphatic heterocycles. The van der Waals surface area contributed by atoms with Crippen molar-refractivity contribution in [2.24, 2.45) is 0 Å². The van der Waals surface area contributed by atoms with E-state index in [0.717, 1.165) is 116 Å². The van der Waals surface area contributed by atoms with Gasteiger partial charge in [-0.2, -0.15) is 0 Å². The maximum Gasteiger partial charge on any atom is 0.306 e. The lowest BCUT2D eigenvalue weighted by atomic mass is 10.0. The zero-order valence-corrected chi connectivity index (χ0v) is 54.7. The van der Waals surface area contributed by atoms with Crippen molar-refractivity contribution in [2.75, 3.05) is 13.2 Å². The average molecular weight is 1150 g/mol. The Balaban J connectivity index is 4.24. The molecule has 0 aromatic carbocycles. The molecule has 0 fully saturated rings. The number of esters is 3. The molecule has 1 unspecified atom stereocenters. The maximum absolute atomic E-state index is 12.9. The molecule has 0 aliphatic rings. The van der Waals surface area contributed by atoms with Crippen LogP contribution in [0.5, 0.6) is 0 Å². The number of hydrogen-bond donors (Lipinski definition) is 0. The van der Waals surface area contributed by atoms with Crippen molar-refractivity contribution >= 4 is 17.9 Å². The normalized spacial score (nSPS) is 12.8. The summed E-state index contributed by atoms with van der Waals surface area (Å²) >= 11 is 0. The predicted molar refractivity (Wildman–Crippen MR) is 362 cm³/mol. The van der Waals surface area contributed by atoms with Gasteiger partial charge in [-0.3, -0.25) is 14.4 Å². The van der Waals surface area contributed by atoms with Gasteiger partial charge in [0, 0.05) is 19.3 Å². The summed E-state index contributed by atoms with van der Waals surface area (Å²) in [5.41, 5.74) is 0. The highest BCUT2D eigenvalue weighted by molar-refractivity contribution is 5.71. The number of carbonyl (C=O) groups is 3. The van der Waals surface area contributed by atoms with E-state index in [1.165, 1.54) is 186 Å². The zero-order chi connectivity index (χ0) is 59.9. The topological polar surface area (TPSA) is 78.9 Å². The lowest BCUT2D eigenvalue weighted by Crippen LogP contribution is -2.30. The van der Waals surface area contributed by atoms with E-state index in [2.05, 4.69) is 130 Å². The minimum absolute atomic E-state index is 0.0821. The van der Waals surface area contributed by atoms with Gasteiger partial charge in [0.05, 0.1) is 0 Å². The summed E-state index contributed by atoms with van der Waals surface area (Å²) in [6.45, 7) is 6.52. The van der Waals surface area contributed by atoms with Crippen LogP contribution in [0, 0.1) is 0 Å². The minimum Gasteiger partial charge on any atom is -0.462 e. The van der Waals surface area contributed by atoms with Gasteiger partial charge >= 0.3 is 17.9 Å². The molecule has 0 amide bonds. The van der Waals surface area contributed by atoms with Crippen molar-refractivity contribution in [3.8, 4) is 0 Å². The summed E-state index contributed by atoms with van der Waals surface area (Å²) in [4.78, 5) is 38.4. The second-order valence-electron chi connectivity index (χ2n) is 23.4. The van der Waals surface area contributed by atoms with Gasteiger partial charge in [-0.1, -0.05) is 304 Å². The summed E-state index contributed by atoms with van der Waals surface area (Å²) in [5, 5.41) is 0. The highest BCUT2D eigenvalue weighted by Gasteiger charge is 2.19. The van der Waals surface area contributed by atoms with Gasteiger partial charge in [-0.05, 0) is 128 Å². The lowest BCUT2D eigenvalue weighted by Gasteiger charge is -2.18. The first kappa shape index (κ1) is 79.1. The molecule has 0 aromatic rings. The number of allylic oxidation sites excluding steroid dienone is 18. The number of unbranched alkanes of at least 4 members (excludes halogenated alkanes) is 35. The van der Waals surface area contributed by atoms with E-state index in [1.807, 2.05) is 0 Å². The van der Waals surface area contributed by atoms with E-state index in [4.69, 9.17) is 14.2 Å². The second-order valence-corrected chi connectivity index (χ2v) is 23.4. The van der Waals surface area contributed by atoms with Crippen LogP contribution in [-0.2, 0) is 28.6 Å². The number of rotatable bonds is 64. The summed E-state index contributed by atoms with van der Waals surface area (Å²) in [7, 11) is 0. The second kappa shape index (κ2) is 70.6. The first-order valence-corrected chi connectivity index (χ1v) is 35.4. The van der Waals surface area contributed by atoms with Gasteiger partial charge in [0.15, 0.2) is 6.10 Å². The number of carbonyl (C=O) groups excluding carboxylic acids is 3. The van der Waals surface area contributed by atoms with Crippen LogP contribution in [0.25, 0.3) is 0 Å². The van der Waals surface area contributed by atoms with Crippen molar-refractivity contribution in [3.05, 3.63) is 109 Å². The molecule has 0 saturated heterocycles. The zero-order valence-electron chi connectivity index (χ0n) is 54.7. The highest BCUT2D eigenvalue weighted by atomic mass is 16.6. The van der Waals surface area contributed by atoms with Gasteiger partial charge in [-0.15, -0.1) is 0 Å². The van der Waals surface area contributed by atoms with Crippen molar-refractivity contribution in [3.63, 3.8) is 0 Å². The molecule has 0 radical (unpaired) electrons. The van der Waals surface area contributed by atoms with Gasteiger partial charge in [0.1, 0.15) is 13.2 Å². The Kier molecular flexibility index (Phi) is 67.2. The van der Waals surface area contributed by atoms with Crippen molar-refractivity contribution < 1.29 is 28.6 Å². The van der Waals surface area contributed by atoms with Crippen LogP contribution in [0.1, 0.15) is 342 Å². The van der Waals surface area contributed by atoms with Crippen LogP contribution in [0.2, 0.25) is 0 Å². The Morgan fingerprint density at radius 3 is 0.771 bits per heavy atom. The van der Waals surface area contributed by atoms with Gasteiger partial charge in [0.2, 0.25) is 0 Å². The monoisotopic (exact) mass is 1150 g/mol. The van der Waals surface area contributed by atoms with E-state index in [1.54, 1.807) is 0 Å². The van der Waals surface area contributed by atoms with Crippen LogP contribution in [0.15, 0.2) is 109 Å². The Labute approximate surface area is 514 Å². The number of ether oxygens (including phenoxy) is 3. The first-order chi connectivity index (χ1) is 41.0. The molecular weight excluding hydrogens is 1020 g/mol. The third kappa shape index (κ3) is 68.7. The van der Waals surface area contributed by atoms with Crippen LogP contribution < -0.4 is 0 Å². The molecule has 0 N–H and O–H groups in total. The van der Waals surface area contributed by atoms with E-state index in [0.29, 0.717) is 19.3 Å². The molecule has 476 valence electrons. The predicted octanol–water partition coefficient (Wildman–Crippen LogP) is 24.6. The van der Waals surface area contributed by atoms with Crippen LogP contribution in [-0.4, -0.2) is 37.2 Å². The quantitative estimate of drug-likeness (QED) is 0.0261. The molecule has 0 aromatic heterocycles. The van der Waals surface area contributed by atoms with E-state index in [9.17, 15) is 14.4 Å². The fraction of sp³-hybridized carbons (Fsp3) is 0.727. The lowest BCUT2D eigenvalue weighted by molar-refractivity contribution is -0.167. The molecule has 1 atom stereocenters. The molecule has 83 heavy (non-hydrogen) atoms. The molecule has 0 rings (SSSR count). The first-order valence-electron chi connectivity index (χ1n) is 35.4. The third-order valence-electron chi connectivity index (χ3n) is 15.2. The van der Waals surface area contributed by atoms with Gasteiger partial charge < -0.3 is 14.2 Å². The van der Waals surface area contributed by atoms with Gasteiger partial charge in [-0.25, -0.2) is 0 Å². The molecule has 0 heterocycles. The van der Waals surface area contributed by atoms with Crippen LogP contribution >= 0.6 is 0 Å². The summed E-state index contributed by atoms with van der Waals surface area (Å²) < 4.78 is 17.0. The molecular formula is C77H132O6. The Bertz CT molecular complexity index is 1660. The van der Waals surface area contributed by atoms with E-state index in [-0.39, 0.29) is 31.1 Å². The SMILES string of the molecule is CC/C=C\C/C=C\C/C=C\C/C=C\C/C=C\C/C=C\CCCCCCCCCCCCCCCCC(=O)OCC(COC(=O)CCCCCCC/C=C\CCCCCCCC)OC(=O)CCCCCCCCC/C=C\C/C=C\CCCCC. The smallest absolute Gasteiger partial charge is 0.306 e. The Morgan fingerprint density at radius 2 is 0.470 bits per heavy atom. The summed E-state index contributed by atoms with van der Waals surface area (Å²) in [6.07, 6.45) is 96.8. The molecule has 0 saturated carbocycles. The Hall–Kier alpha value is -3.93. The standard InChI is InChI=1S/C77H132O6/c1-4-7-10-13-16-19-22-25-28-30-31-32-33-34-35-36-37-38-39-40-41-42-43-44-45-47-49-52-55-58-61-64-67-70-76(79)82-73-74(72-81-75(78)69-66-63-60-57-54-51-48-27-24-21-18-15-12-9-6-3)83-77(80)71-68-65-62-59-56-53-50-46-29-26-23-20-17-14-11-8-5-2/h7,10,16-17,19-20,25-29,31-32,34-35,37-38,48,74H,4-6,8-9,11-15,18,21-24,30,33,36,39-47,49-73H2,1-3H3/b10-7-,19-16-,20-17-,28-25-,29-26-,32-31-,35-34-,38-37-,48-27-. The molecule has 0 spiro atoms. The molecule has 6 nitrogen and oxygen atoms in total. The van der Waals surface area contributed by atoms with Crippen LogP contribution in [0.3, 0.4) is 0 Å². The van der Waals surface area contributed by atoms with Crippen molar-refractivity contribution in [1.82, 2.24) is 0 Å². The summed E-state index contributed by atoms with van der Waals surface area (Å²) in [6, 6.07) is 0. The van der Waals surface area contributed by atoms with Crippen molar-refractivity contribution in [1.29, 1.82) is 0 Å². The fourth-order valence-electron chi connectivity index (χ4n) is 9.94. The van der Waals surface area contributed by atoms with E-state index >= 15 is 0 Å². The Morgan fingerprint density at radius 1 is 0.253 bits per heavy atom. The van der Waals surface area contributed by atoms with Crippen molar-refractivity contribution in [2.45, 2.75) is 348 Å². The summed E-state index contributed by atoms with van der Waals surface area (Å²) in [5.74, 6) is -0.885. The molecule has 0 bridgehead atoms. The minimum atomic E-state index is -0.787. The largest absolute Gasteiger partial charge is 0.462 e. The average Bonchev–Trinajstić information content (AvgIpc) is 3.49. The van der Waals surface area contributed by atoms with Crippen LogP contribution in [0.4, 0.5) is 0 Å². The maximum atomic E-state index is 12.9. The third-order valence-corrected chi connectivity index (χ3v) is 15.2. The number of hydrogen-bond acceptors (Lipinski definition) is 6. The van der Waals surface area contributed by atoms with E-state index < -0.39 is 6.10 Å². The molecule has 0 aliphatic carbocycles. The van der Waals surface area contributed by atoms with Gasteiger partial charge in [0.25, 0.3) is 0 Å².